The highest BCUT2D eigenvalue weighted by Gasteiger charge is 2.13. The van der Waals surface area contributed by atoms with Gasteiger partial charge in [0.15, 0.2) is 0 Å². The Labute approximate surface area is 51.8 Å². The molecule has 0 aromatic carbocycles. The fourth-order valence-electron chi connectivity index (χ4n) is 0.607. The number of carbonyl (C=O) groups is 1. The summed E-state index contributed by atoms with van der Waals surface area (Å²) in [5.74, 6) is -0.662. The maximum absolute atomic E-state index is 10.6. The van der Waals surface area contributed by atoms with E-state index in [1.165, 1.54) is 18.4 Å². The molecular weight excluding hydrogens is 120 g/mol. The molecular formula is C5H6N2O2. The van der Waals surface area contributed by atoms with E-state index in [-0.39, 0.29) is 10.8 Å². The topological polar surface area (TPSA) is 70.6 Å². The van der Waals surface area contributed by atoms with Gasteiger partial charge in [-0.1, -0.05) is 0 Å². The van der Waals surface area contributed by atoms with Crippen LogP contribution in [-0.4, -0.2) is 5.91 Å². The average molecular weight is 126 g/mol. The van der Waals surface area contributed by atoms with Crippen molar-refractivity contribution in [2.75, 3.05) is 0 Å². The normalized spacial score (nSPS) is 24.1. The molecule has 1 rings (SSSR count). The molecule has 3 N–H and O–H groups in total. The average Bonchev–Trinajstić information content (AvgIpc) is 2.13. The highest BCUT2D eigenvalue weighted by Crippen LogP contribution is 1.87. The van der Waals surface area contributed by atoms with Crippen molar-refractivity contribution in [3.63, 3.8) is 0 Å². The van der Waals surface area contributed by atoms with Crippen LogP contribution in [0.4, 0.5) is 0 Å². The standard InChI is InChI=1S/C5H6N2O2/c6-5(8)4-2-1-3-7(4)9/h1-3,7H,(H2,6,8). The summed E-state index contributed by atoms with van der Waals surface area (Å²) in [6.07, 6.45) is 4.22. The summed E-state index contributed by atoms with van der Waals surface area (Å²) in [6, 6.07) is 0. The number of nitrogens with two attached hydrogens (primary N) is 1. The molecule has 1 unspecified atom stereocenters. The number of primary amides is 1. The van der Waals surface area contributed by atoms with Crippen LogP contribution in [0.1, 0.15) is 0 Å². The molecule has 1 atom stereocenters. The van der Waals surface area contributed by atoms with E-state index in [0.717, 1.165) is 0 Å². The Kier molecular flexibility index (Phi) is 1.33. The molecule has 1 aliphatic rings. The highest BCUT2D eigenvalue weighted by atomic mass is 16.5. The SMILES string of the molecule is NC(=O)C1=CC=C[NH+]1[O-]. The molecule has 0 aliphatic carbocycles. The summed E-state index contributed by atoms with van der Waals surface area (Å²) < 4.78 is 0. The van der Waals surface area contributed by atoms with Gasteiger partial charge in [-0.25, -0.2) is 0 Å². The highest BCUT2D eigenvalue weighted by molar-refractivity contribution is 5.90. The van der Waals surface area contributed by atoms with Crippen molar-refractivity contribution in [2.24, 2.45) is 5.73 Å². The summed E-state index contributed by atoms with van der Waals surface area (Å²) in [5, 5.41) is 10.3. The molecule has 48 valence electrons. The largest absolute Gasteiger partial charge is 0.624 e. The van der Waals surface area contributed by atoms with Crippen LogP contribution < -0.4 is 10.8 Å². The molecule has 1 heterocycles. The minimum Gasteiger partial charge on any atom is -0.624 e. The lowest BCUT2D eigenvalue weighted by Crippen LogP contribution is -3.00. The molecule has 0 fully saturated rings. The monoisotopic (exact) mass is 126 g/mol. The Hall–Kier alpha value is -1.13. The van der Waals surface area contributed by atoms with Gasteiger partial charge >= 0.3 is 5.91 Å². The Morgan fingerprint density at radius 3 is 2.67 bits per heavy atom. The molecule has 0 aromatic rings. The van der Waals surface area contributed by atoms with Crippen LogP contribution in [0.2, 0.25) is 0 Å². The predicted molar refractivity (Wildman–Crippen MR) is 30.7 cm³/mol. The maximum Gasteiger partial charge on any atom is 0.303 e. The van der Waals surface area contributed by atoms with E-state index in [1.54, 1.807) is 0 Å². The van der Waals surface area contributed by atoms with Crippen molar-refractivity contribution in [2.45, 2.75) is 0 Å². The summed E-state index contributed by atoms with van der Waals surface area (Å²) >= 11 is 0. The third kappa shape index (κ3) is 0.984. The number of carbonyl (C=O) groups excluding carboxylic acids is 1. The lowest BCUT2D eigenvalue weighted by atomic mass is 10.4. The fourth-order valence-corrected chi connectivity index (χ4v) is 0.607. The van der Waals surface area contributed by atoms with Crippen LogP contribution in [0.5, 0.6) is 0 Å². The molecule has 1 amide bonds. The van der Waals surface area contributed by atoms with Gasteiger partial charge in [-0.05, 0) is 6.08 Å². The number of nitrogens with one attached hydrogen (secondary N) is 1. The van der Waals surface area contributed by atoms with Crippen LogP contribution >= 0.6 is 0 Å². The van der Waals surface area contributed by atoms with E-state index in [2.05, 4.69) is 0 Å². The molecule has 1 aliphatic heterocycles. The second kappa shape index (κ2) is 2.00. The predicted octanol–water partition coefficient (Wildman–Crippen LogP) is -1.73. The minimum absolute atomic E-state index is 0.0648. The number of hydrogen-bond acceptors (Lipinski definition) is 2. The van der Waals surface area contributed by atoms with Gasteiger partial charge in [-0.3, -0.25) is 4.79 Å². The van der Waals surface area contributed by atoms with Crippen LogP contribution in [0.3, 0.4) is 0 Å². The first-order valence-electron chi connectivity index (χ1n) is 2.44. The van der Waals surface area contributed by atoms with Crippen LogP contribution in [-0.2, 0) is 4.79 Å². The Bertz CT molecular complexity index is 195. The van der Waals surface area contributed by atoms with E-state index in [1.807, 2.05) is 0 Å². The minimum atomic E-state index is -0.662. The lowest BCUT2D eigenvalue weighted by Gasteiger charge is -2.12. The van der Waals surface area contributed by atoms with E-state index in [4.69, 9.17) is 5.73 Å². The zero-order valence-corrected chi connectivity index (χ0v) is 4.63. The first kappa shape index (κ1) is 6.00. The number of amides is 1. The first-order chi connectivity index (χ1) is 4.22. The van der Waals surface area contributed by atoms with Crippen LogP contribution in [0.25, 0.3) is 0 Å². The van der Waals surface area contributed by atoms with Gasteiger partial charge in [-0.2, -0.15) is 0 Å². The summed E-state index contributed by atoms with van der Waals surface area (Å²) in [5.41, 5.74) is 4.88. The van der Waals surface area contributed by atoms with Crippen molar-refractivity contribution in [1.29, 1.82) is 0 Å². The zero-order valence-electron chi connectivity index (χ0n) is 4.63. The smallest absolute Gasteiger partial charge is 0.303 e. The quantitative estimate of drug-likeness (QED) is 0.410. The number of rotatable bonds is 1. The maximum atomic E-state index is 10.6. The number of hydrogen-bond donors (Lipinski definition) is 2. The molecule has 0 radical (unpaired) electrons. The van der Waals surface area contributed by atoms with Crippen molar-refractivity contribution >= 4 is 5.91 Å². The summed E-state index contributed by atoms with van der Waals surface area (Å²) in [4.78, 5) is 10.3. The van der Waals surface area contributed by atoms with Crippen LogP contribution in [0, 0.1) is 5.21 Å². The van der Waals surface area contributed by atoms with E-state index < -0.39 is 5.91 Å². The number of quaternary nitrogens is 1. The molecule has 9 heavy (non-hydrogen) atoms. The summed E-state index contributed by atoms with van der Waals surface area (Å²) in [6.45, 7) is 0. The van der Waals surface area contributed by atoms with Gasteiger partial charge in [0.05, 0.1) is 6.20 Å². The second-order valence-electron chi connectivity index (χ2n) is 1.67. The summed E-state index contributed by atoms with van der Waals surface area (Å²) in [7, 11) is 0. The van der Waals surface area contributed by atoms with Gasteiger partial charge in [0.25, 0.3) is 0 Å². The van der Waals surface area contributed by atoms with Gasteiger partial charge in [-0.15, -0.1) is 0 Å². The Morgan fingerprint density at radius 1 is 1.78 bits per heavy atom. The van der Waals surface area contributed by atoms with Gasteiger partial charge < -0.3 is 16.0 Å². The first-order valence-corrected chi connectivity index (χ1v) is 2.44. The number of hydroxylamine groups is 2. The van der Waals surface area contributed by atoms with Gasteiger partial charge in [0, 0.05) is 6.08 Å². The van der Waals surface area contributed by atoms with Crippen LogP contribution in [0.15, 0.2) is 24.0 Å². The van der Waals surface area contributed by atoms with E-state index in [0.29, 0.717) is 0 Å². The molecule has 0 saturated carbocycles. The fraction of sp³-hybridized carbons (Fsp3) is 0. The van der Waals surface area contributed by atoms with Crippen molar-refractivity contribution in [3.05, 3.63) is 29.3 Å². The second-order valence-corrected chi connectivity index (χ2v) is 1.67. The third-order valence-electron chi connectivity index (χ3n) is 1.04. The van der Waals surface area contributed by atoms with Crippen molar-refractivity contribution < 1.29 is 9.86 Å². The Morgan fingerprint density at radius 2 is 2.44 bits per heavy atom. The molecule has 4 nitrogen and oxygen atoms in total. The van der Waals surface area contributed by atoms with Gasteiger partial charge in [0.2, 0.25) is 5.70 Å². The number of allylic oxidation sites excluding steroid dienone is 2. The Balaban J connectivity index is 2.76. The third-order valence-corrected chi connectivity index (χ3v) is 1.04. The van der Waals surface area contributed by atoms with Crippen molar-refractivity contribution in [1.82, 2.24) is 0 Å². The van der Waals surface area contributed by atoms with Crippen molar-refractivity contribution in [3.8, 4) is 0 Å². The van der Waals surface area contributed by atoms with E-state index >= 15 is 0 Å². The lowest BCUT2D eigenvalue weighted by molar-refractivity contribution is -0.737. The molecule has 0 bridgehead atoms. The van der Waals surface area contributed by atoms with E-state index in [9.17, 15) is 10.0 Å². The zero-order chi connectivity index (χ0) is 6.85. The molecule has 0 saturated heterocycles. The molecule has 4 heteroatoms. The van der Waals surface area contributed by atoms with Gasteiger partial charge in [0.1, 0.15) is 0 Å². The molecule has 0 aromatic heterocycles. The molecule has 0 spiro atoms.